The zero-order valence-corrected chi connectivity index (χ0v) is 16.1. The first-order valence-corrected chi connectivity index (χ1v) is 8.56. The number of rotatable bonds is 7. The van der Waals surface area contributed by atoms with Crippen molar-refractivity contribution < 1.29 is 9.53 Å². The summed E-state index contributed by atoms with van der Waals surface area (Å²) in [5.41, 5.74) is 2.22. The van der Waals surface area contributed by atoms with Gasteiger partial charge in [-0.15, -0.1) is 0 Å². The van der Waals surface area contributed by atoms with Crippen LogP contribution in [0.3, 0.4) is 0 Å². The van der Waals surface area contributed by atoms with Crippen molar-refractivity contribution in [1.82, 2.24) is 20.0 Å². The van der Waals surface area contributed by atoms with Crippen molar-refractivity contribution >= 4 is 17.5 Å². The lowest BCUT2D eigenvalue weighted by Crippen LogP contribution is -2.35. The summed E-state index contributed by atoms with van der Waals surface area (Å²) in [6, 6.07) is 7.86. The molecule has 0 bridgehead atoms. The van der Waals surface area contributed by atoms with Crippen molar-refractivity contribution in [1.29, 1.82) is 0 Å². The number of aromatic nitrogens is 2. The molecule has 0 saturated carbocycles. The van der Waals surface area contributed by atoms with E-state index in [4.69, 9.17) is 16.3 Å². The summed E-state index contributed by atoms with van der Waals surface area (Å²) in [4.78, 5) is 14.7. The molecular weight excluding hydrogens is 340 g/mol. The van der Waals surface area contributed by atoms with E-state index < -0.39 is 0 Å². The first kappa shape index (κ1) is 19.3. The van der Waals surface area contributed by atoms with Crippen LogP contribution in [0.1, 0.15) is 34.6 Å². The number of halogens is 1. The Hall–Kier alpha value is -2.05. The quantitative estimate of drug-likeness (QED) is 0.820. The van der Waals surface area contributed by atoms with Crippen molar-refractivity contribution in [2.24, 2.45) is 7.05 Å². The Bertz CT molecular complexity index is 743. The number of nitrogens with zero attached hydrogens (tertiary/aromatic N) is 3. The Morgan fingerprint density at radius 1 is 1.44 bits per heavy atom. The van der Waals surface area contributed by atoms with Gasteiger partial charge in [0.15, 0.2) is 0 Å². The van der Waals surface area contributed by atoms with E-state index in [2.05, 4.69) is 15.3 Å². The third kappa shape index (κ3) is 4.32. The third-order valence-electron chi connectivity index (χ3n) is 4.17. The van der Waals surface area contributed by atoms with E-state index in [0.29, 0.717) is 29.4 Å². The van der Waals surface area contributed by atoms with Gasteiger partial charge in [0.25, 0.3) is 5.91 Å². The zero-order chi connectivity index (χ0) is 18.6. The fraction of sp³-hybridized carbons (Fsp3) is 0.444. The van der Waals surface area contributed by atoms with Gasteiger partial charge in [-0.3, -0.25) is 9.48 Å². The molecule has 7 heteroatoms. The van der Waals surface area contributed by atoms with Crippen molar-refractivity contribution in [2.45, 2.75) is 19.4 Å². The molecule has 1 aromatic carbocycles. The Morgan fingerprint density at radius 2 is 2.16 bits per heavy atom. The summed E-state index contributed by atoms with van der Waals surface area (Å²) in [7, 11) is 7.33. The molecule has 0 aliphatic carbocycles. The van der Waals surface area contributed by atoms with Gasteiger partial charge in [-0.25, -0.2) is 0 Å². The lowest BCUT2D eigenvalue weighted by molar-refractivity contribution is 0.0941. The number of aryl methyl sites for hydroxylation is 2. The average molecular weight is 365 g/mol. The van der Waals surface area contributed by atoms with E-state index in [1.54, 1.807) is 14.2 Å². The number of hydrogen-bond acceptors (Lipinski definition) is 4. The van der Waals surface area contributed by atoms with Gasteiger partial charge in [0.1, 0.15) is 10.9 Å². The maximum absolute atomic E-state index is 12.6. The summed E-state index contributed by atoms with van der Waals surface area (Å²) in [6.45, 7) is 2.40. The van der Waals surface area contributed by atoms with Gasteiger partial charge >= 0.3 is 0 Å². The Labute approximate surface area is 153 Å². The minimum absolute atomic E-state index is 0.0135. The fourth-order valence-corrected chi connectivity index (χ4v) is 2.99. The van der Waals surface area contributed by atoms with E-state index in [-0.39, 0.29) is 11.9 Å². The summed E-state index contributed by atoms with van der Waals surface area (Å²) in [6.07, 6.45) is 0.649. The van der Waals surface area contributed by atoms with Crippen LogP contribution in [0.25, 0.3) is 0 Å². The molecule has 0 fully saturated rings. The second-order valence-corrected chi connectivity index (χ2v) is 6.41. The molecule has 1 N–H and O–H groups in total. The van der Waals surface area contributed by atoms with Crippen LogP contribution in [0.2, 0.25) is 5.15 Å². The molecule has 1 atom stereocenters. The summed E-state index contributed by atoms with van der Waals surface area (Å²) in [5.74, 6) is 0.587. The molecule has 0 aliphatic rings. The number of ether oxygens (including phenoxy) is 1. The minimum atomic E-state index is -0.204. The van der Waals surface area contributed by atoms with Crippen LogP contribution in [0.4, 0.5) is 0 Å². The Kier molecular flexibility index (Phi) is 6.45. The highest BCUT2D eigenvalue weighted by Gasteiger charge is 2.22. The largest absolute Gasteiger partial charge is 0.497 e. The number of carbonyl (C=O) groups excluding carboxylic acids is 1. The second kappa shape index (κ2) is 8.36. The molecule has 1 aromatic heterocycles. The summed E-state index contributed by atoms with van der Waals surface area (Å²) < 4.78 is 6.82. The van der Waals surface area contributed by atoms with Gasteiger partial charge in [0.2, 0.25) is 0 Å². The third-order valence-corrected chi connectivity index (χ3v) is 4.60. The molecule has 2 aromatic rings. The van der Waals surface area contributed by atoms with Gasteiger partial charge in [0.05, 0.1) is 24.4 Å². The van der Waals surface area contributed by atoms with Crippen LogP contribution in [-0.4, -0.2) is 48.3 Å². The van der Waals surface area contributed by atoms with Crippen molar-refractivity contribution in [3.05, 3.63) is 46.2 Å². The molecule has 136 valence electrons. The molecule has 2 rings (SSSR count). The first-order chi connectivity index (χ1) is 11.9. The number of carbonyl (C=O) groups is 1. The molecule has 6 nitrogen and oxygen atoms in total. The zero-order valence-electron chi connectivity index (χ0n) is 15.3. The van der Waals surface area contributed by atoms with E-state index in [0.717, 1.165) is 11.3 Å². The maximum Gasteiger partial charge on any atom is 0.256 e. The lowest BCUT2D eigenvalue weighted by atomic mass is 10.1. The normalized spacial score (nSPS) is 12.3. The van der Waals surface area contributed by atoms with Gasteiger partial charge < -0.3 is 15.0 Å². The summed E-state index contributed by atoms with van der Waals surface area (Å²) in [5, 5.41) is 7.63. The van der Waals surface area contributed by atoms with Crippen LogP contribution in [0.15, 0.2) is 24.3 Å². The second-order valence-electron chi connectivity index (χ2n) is 6.06. The maximum atomic E-state index is 12.6. The minimum Gasteiger partial charge on any atom is -0.497 e. The first-order valence-electron chi connectivity index (χ1n) is 8.19. The standard InChI is InChI=1S/C18H25ClN4O2/c1-6-14-16(17(19)23(4)21-14)18(24)20-11-15(22(2)3)12-8-7-9-13(10-12)25-5/h7-10,15H,6,11H2,1-5H3,(H,20,24)/t15-/m1/s1. The summed E-state index contributed by atoms with van der Waals surface area (Å²) >= 11 is 6.23. The molecular formula is C18H25ClN4O2. The predicted molar refractivity (Wildman–Crippen MR) is 99.4 cm³/mol. The number of hydrogen-bond donors (Lipinski definition) is 1. The predicted octanol–water partition coefficient (Wildman–Crippen LogP) is 2.68. The smallest absolute Gasteiger partial charge is 0.256 e. The number of nitrogens with one attached hydrogen (secondary N) is 1. The van der Waals surface area contributed by atoms with Crippen LogP contribution in [-0.2, 0) is 13.5 Å². The monoisotopic (exact) mass is 364 g/mol. The molecule has 25 heavy (non-hydrogen) atoms. The molecule has 0 spiro atoms. The van der Waals surface area contributed by atoms with E-state index in [9.17, 15) is 4.79 Å². The highest BCUT2D eigenvalue weighted by Crippen LogP contribution is 2.23. The topological polar surface area (TPSA) is 59.4 Å². The molecule has 1 amide bonds. The lowest BCUT2D eigenvalue weighted by Gasteiger charge is -2.25. The van der Waals surface area contributed by atoms with E-state index in [1.165, 1.54) is 4.68 Å². The Balaban J connectivity index is 2.17. The highest BCUT2D eigenvalue weighted by molar-refractivity contribution is 6.33. The van der Waals surface area contributed by atoms with E-state index >= 15 is 0 Å². The molecule has 0 radical (unpaired) electrons. The highest BCUT2D eigenvalue weighted by atomic mass is 35.5. The van der Waals surface area contributed by atoms with Crippen molar-refractivity contribution in [2.75, 3.05) is 27.7 Å². The number of methoxy groups -OCH3 is 1. The SMILES string of the molecule is CCc1nn(C)c(Cl)c1C(=O)NC[C@H](c1cccc(OC)c1)N(C)C. The van der Waals surface area contributed by atoms with Gasteiger partial charge in [-0.1, -0.05) is 30.7 Å². The van der Waals surface area contributed by atoms with E-state index in [1.807, 2.05) is 45.3 Å². The Morgan fingerprint density at radius 3 is 2.76 bits per heavy atom. The molecule has 1 heterocycles. The van der Waals surface area contributed by atoms with Crippen LogP contribution < -0.4 is 10.1 Å². The number of amides is 1. The average Bonchev–Trinajstić information content (AvgIpc) is 2.89. The van der Waals surface area contributed by atoms with Crippen molar-refractivity contribution in [3.8, 4) is 5.75 Å². The van der Waals surface area contributed by atoms with Gasteiger partial charge in [-0.2, -0.15) is 5.10 Å². The number of likely N-dealkylation sites (N-methyl/N-ethyl adjacent to an activating group) is 1. The molecule has 0 aliphatic heterocycles. The molecule has 0 saturated heterocycles. The van der Waals surface area contributed by atoms with Crippen LogP contribution >= 0.6 is 11.6 Å². The van der Waals surface area contributed by atoms with Crippen molar-refractivity contribution in [3.63, 3.8) is 0 Å². The number of benzene rings is 1. The molecule has 0 unspecified atom stereocenters. The van der Waals surface area contributed by atoms with Gasteiger partial charge in [-0.05, 0) is 38.2 Å². The van der Waals surface area contributed by atoms with Crippen LogP contribution in [0, 0.1) is 0 Å². The van der Waals surface area contributed by atoms with Gasteiger partial charge in [0, 0.05) is 13.6 Å². The van der Waals surface area contributed by atoms with Crippen LogP contribution in [0.5, 0.6) is 5.75 Å². The fourth-order valence-electron chi connectivity index (χ4n) is 2.75.